The number of benzene rings is 2. The predicted molar refractivity (Wildman–Crippen MR) is 125 cm³/mol. The van der Waals surface area contributed by atoms with Gasteiger partial charge in [-0.3, -0.25) is 10.1 Å². The molecule has 0 saturated heterocycles. The summed E-state index contributed by atoms with van der Waals surface area (Å²) in [5.41, 5.74) is 3.27. The Kier molecular flexibility index (Phi) is 8.02. The van der Waals surface area contributed by atoms with Gasteiger partial charge >= 0.3 is 0 Å². The van der Waals surface area contributed by atoms with Crippen LogP contribution < -0.4 is 20.3 Å². The molecule has 0 aliphatic rings. The smallest absolute Gasteiger partial charge is 0.264 e. The number of carbonyl (C=O) groups excluding carboxylic acids is 1. The van der Waals surface area contributed by atoms with E-state index < -0.39 is 0 Å². The Morgan fingerprint density at radius 1 is 1.00 bits per heavy atom. The summed E-state index contributed by atoms with van der Waals surface area (Å²) in [6, 6.07) is 15.7. The topological polar surface area (TPSA) is 53.6 Å². The predicted octanol–water partition coefficient (Wildman–Crippen LogP) is 4.72. The van der Waals surface area contributed by atoms with Crippen LogP contribution in [-0.2, 0) is 10.2 Å². The van der Waals surface area contributed by atoms with Crippen molar-refractivity contribution in [3.63, 3.8) is 0 Å². The van der Waals surface area contributed by atoms with Crippen LogP contribution in [0.5, 0.6) is 5.75 Å². The Bertz CT molecular complexity index is 808. The third-order valence-electron chi connectivity index (χ3n) is 4.60. The van der Waals surface area contributed by atoms with E-state index in [4.69, 9.17) is 17.0 Å². The molecule has 0 unspecified atom stereocenters. The first-order valence-corrected chi connectivity index (χ1v) is 10.3. The van der Waals surface area contributed by atoms with E-state index in [-0.39, 0.29) is 23.0 Å². The summed E-state index contributed by atoms with van der Waals surface area (Å²) in [4.78, 5) is 14.4. The lowest BCUT2D eigenvalue weighted by atomic mass is 9.87. The summed E-state index contributed by atoms with van der Waals surface area (Å²) < 4.78 is 5.55. The van der Waals surface area contributed by atoms with Gasteiger partial charge < -0.3 is 15.0 Å². The van der Waals surface area contributed by atoms with Crippen molar-refractivity contribution in [3.8, 4) is 5.75 Å². The van der Waals surface area contributed by atoms with Crippen molar-refractivity contribution < 1.29 is 9.53 Å². The minimum absolute atomic E-state index is 0.0807. The standard InChI is InChI=1S/C23H31N3O2S/c1-6-26(7-2)19-12-10-18(11-13-19)24-22(29)25-21(27)16-28-20-14-8-17(9-15-20)23(3,4)5/h8-15H,6-7,16H2,1-5H3,(H2,24,25,27,29). The van der Waals surface area contributed by atoms with Gasteiger partial charge in [0.05, 0.1) is 0 Å². The minimum Gasteiger partial charge on any atom is -0.484 e. The number of thiocarbonyl (C=S) groups is 1. The van der Waals surface area contributed by atoms with Crippen molar-refractivity contribution in [1.29, 1.82) is 0 Å². The van der Waals surface area contributed by atoms with Gasteiger partial charge in [0.25, 0.3) is 5.91 Å². The zero-order valence-corrected chi connectivity index (χ0v) is 18.7. The van der Waals surface area contributed by atoms with Gasteiger partial charge in [0.2, 0.25) is 0 Å². The van der Waals surface area contributed by atoms with E-state index in [9.17, 15) is 4.79 Å². The molecule has 156 valence electrons. The first kappa shape index (κ1) is 22.7. The fraction of sp³-hybridized carbons (Fsp3) is 0.391. The van der Waals surface area contributed by atoms with Crippen LogP contribution in [0, 0.1) is 0 Å². The van der Waals surface area contributed by atoms with Crippen LogP contribution in [0.25, 0.3) is 0 Å². The Labute approximate surface area is 179 Å². The van der Waals surface area contributed by atoms with Crippen LogP contribution in [0.1, 0.15) is 40.2 Å². The minimum atomic E-state index is -0.304. The number of hydrogen-bond donors (Lipinski definition) is 2. The van der Waals surface area contributed by atoms with E-state index in [1.807, 2.05) is 48.5 Å². The lowest BCUT2D eigenvalue weighted by Crippen LogP contribution is -2.37. The number of ether oxygens (including phenoxy) is 1. The Hall–Kier alpha value is -2.60. The summed E-state index contributed by atoms with van der Waals surface area (Å²) in [6.45, 7) is 12.5. The Morgan fingerprint density at radius 3 is 2.10 bits per heavy atom. The number of anilines is 2. The average Bonchev–Trinajstić information content (AvgIpc) is 2.68. The number of carbonyl (C=O) groups is 1. The van der Waals surface area contributed by atoms with Gasteiger partial charge in [0, 0.05) is 24.5 Å². The highest BCUT2D eigenvalue weighted by molar-refractivity contribution is 7.80. The zero-order valence-electron chi connectivity index (χ0n) is 17.9. The van der Waals surface area contributed by atoms with Gasteiger partial charge in [-0.1, -0.05) is 32.9 Å². The quantitative estimate of drug-likeness (QED) is 0.643. The van der Waals surface area contributed by atoms with E-state index in [1.54, 1.807) is 0 Å². The van der Waals surface area contributed by atoms with Crippen LogP contribution in [0.3, 0.4) is 0 Å². The van der Waals surface area contributed by atoms with Crippen molar-refractivity contribution in [3.05, 3.63) is 54.1 Å². The number of nitrogens with one attached hydrogen (secondary N) is 2. The number of hydrogen-bond acceptors (Lipinski definition) is 4. The Balaban J connectivity index is 1.81. The molecule has 0 fully saturated rings. The molecule has 0 heterocycles. The molecule has 0 saturated carbocycles. The molecule has 2 rings (SSSR count). The molecule has 5 nitrogen and oxygen atoms in total. The molecule has 0 radical (unpaired) electrons. The summed E-state index contributed by atoms with van der Waals surface area (Å²) in [5, 5.41) is 5.91. The van der Waals surface area contributed by atoms with E-state index in [0.717, 1.165) is 24.5 Å². The highest BCUT2D eigenvalue weighted by Crippen LogP contribution is 2.24. The fourth-order valence-corrected chi connectivity index (χ4v) is 3.10. The molecule has 0 aliphatic heterocycles. The molecular formula is C23H31N3O2S. The molecule has 2 aromatic carbocycles. The van der Waals surface area contributed by atoms with Crippen molar-refractivity contribution in [2.45, 2.75) is 40.0 Å². The number of rotatable bonds is 7. The lowest BCUT2D eigenvalue weighted by Gasteiger charge is -2.21. The molecule has 0 aliphatic carbocycles. The molecule has 0 atom stereocenters. The molecule has 1 amide bonds. The van der Waals surface area contributed by atoms with Gasteiger partial charge in [0.15, 0.2) is 11.7 Å². The molecule has 0 spiro atoms. The van der Waals surface area contributed by atoms with E-state index in [1.165, 1.54) is 5.56 Å². The van der Waals surface area contributed by atoms with E-state index in [0.29, 0.717) is 5.75 Å². The van der Waals surface area contributed by atoms with Crippen LogP contribution in [-0.4, -0.2) is 30.7 Å². The normalized spacial score (nSPS) is 10.9. The second-order valence-corrected chi connectivity index (χ2v) is 8.19. The maximum Gasteiger partial charge on any atom is 0.264 e. The molecule has 29 heavy (non-hydrogen) atoms. The second kappa shape index (κ2) is 10.3. The third-order valence-corrected chi connectivity index (χ3v) is 4.80. The summed E-state index contributed by atoms with van der Waals surface area (Å²) in [7, 11) is 0. The molecule has 2 aromatic rings. The van der Waals surface area contributed by atoms with Gasteiger partial charge in [-0.2, -0.15) is 0 Å². The summed E-state index contributed by atoms with van der Waals surface area (Å²) >= 11 is 5.22. The fourth-order valence-electron chi connectivity index (χ4n) is 2.87. The maximum atomic E-state index is 12.1. The SMILES string of the molecule is CCN(CC)c1ccc(NC(=S)NC(=O)COc2ccc(C(C)(C)C)cc2)cc1. The van der Waals surface area contributed by atoms with Crippen LogP contribution in [0.15, 0.2) is 48.5 Å². The summed E-state index contributed by atoms with van der Waals surface area (Å²) in [6.07, 6.45) is 0. The highest BCUT2D eigenvalue weighted by Gasteiger charge is 2.13. The number of nitrogens with zero attached hydrogens (tertiary/aromatic N) is 1. The van der Waals surface area contributed by atoms with Crippen molar-refractivity contribution in [1.82, 2.24) is 5.32 Å². The van der Waals surface area contributed by atoms with Gasteiger partial charge in [0.1, 0.15) is 5.75 Å². The van der Waals surface area contributed by atoms with Crippen molar-refractivity contribution in [2.24, 2.45) is 0 Å². The first-order chi connectivity index (χ1) is 13.7. The monoisotopic (exact) mass is 413 g/mol. The van der Waals surface area contributed by atoms with Crippen LogP contribution >= 0.6 is 12.2 Å². The van der Waals surface area contributed by atoms with Crippen LogP contribution in [0.4, 0.5) is 11.4 Å². The molecule has 6 heteroatoms. The molecule has 0 aromatic heterocycles. The van der Waals surface area contributed by atoms with Gasteiger partial charge in [-0.25, -0.2) is 0 Å². The largest absolute Gasteiger partial charge is 0.484 e. The van der Waals surface area contributed by atoms with E-state index >= 15 is 0 Å². The maximum absolute atomic E-state index is 12.1. The third kappa shape index (κ3) is 7.06. The zero-order chi connectivity index (χ0) is 21.4. The van der Waals surface area contributed by atoms with E-state index in [2.05, 4.69) is 50.2 Å². The van der Waals surface area contributed by atoms with Crippen LogP contribution in [0.2, 0.25) is 0 Å². The van der Waals surface area contributed by atoms with Gasteiger partial charge in [-0.15, -0.1) is 0 Å². The summed E-state index contributed by atoms with van der Waals surface area (Å²) in [5.74, 6) is 0.348. The number of amides is 1. The molecule has 0 bridgehead atoms. The van der Waals surface area contributed by atoms with Gasteiger partial charge in [-0.05, 0) is 73.4 Å². The van der Waals surface area contributed by atoms with Crippen molar-refractivity contribution >= 4 is 34.6 Å². The Morgan fingerprint density at radius 2 is 1.59 bits per heavy atom. The molecular weight excluding hydrogens is 382 g/mol. The highest BCUT2D eigenvalue weighted by atomic mass is 32.1. The second-order valence-electron chi connectivity index (χ2n) is 7.78. The molecule has 2 N–H and O–H groups in total. The average molecular weight is 414 g/mol. The van der Waals surface area contributed by atoms with Crippen molar-refractivity contribution in [2.75, 3.05) is 29.9 Å². The first-order valence-electron chi connectivity index (χ1n) is 9.92. The lowest BCUT2D eigenvalue weighted by molar-refractivity contribution is -0.121.